The van der Waals surface area contributed by atoms with Gasteiger partial charge in [-0.15, -0.1) is 0 Å². The van der Waals surface area contributed by atoms with Crippen LogP contribution in [0.1, 0.15) is 54.9 Å². The Morgan fingerprint density at radius 2 is 2.00 bits per heavy atom. The fourth-order valence-electron chi connectivity index (χ4n) is 4.25. The van der Waals surface area contributed by atoms with Gasteiger partial charge in [0.05, 0.1) is 23.7 Å². The first-order chi connectivity index (χ1) is 15.9. The molecule has 2 aliphatic heterocycles. The van der Waals surface area contributed by atoms with Gasteiger partial charge < -0.3 is 20.3 Å². The van der Waals surface area contributed by atoms with Crippen LogP contribution in [0, 0.1) is 5.92 Å². The molecule has 174 valence electrons. The number of hydrogen-bond donors (Lipinski definition) is 3. The molecule has 0 unspecified atom stereocenters. The topological polar surface area (TPSA) is 133 Å². The van der Waals surface area contributed by atoms with E-state index in [1.807, 2.05) is 4.90 Å². The van der Waals surface area contributed by atoms with Crippen LogP contribution in [0.25, 0.3) is 0 Å². The number of aromatic nitrogens is 2. The van der Waals surface area contributed by atoms with E-state index in [2.05, 4.69) is 27.5 Å². The summed E-state index contributed by atoms with van der Waals surface area (Å²) in [6, 6.07) is 6.21. The summed E-state index contributed by atoms with van der Waals surface area (Å²) in [7, 11) is 0. The Morgan fingerprint density at radius 1 is 1.24 bits per heavy atom. The lowest BCUT2D eigenvalue weighted by molar-refractivity contribution is -0.123. The van der Waals surface area contributed by atoms with E-state index < -0.39 is 23.4 Å². The highest BCUT2D eigenvalue weighted by Crippen LogP contribution is 2.31. The van der Waals surface area contributed by atoms with Gasteiger partial charge in [0.2, 0.25) is 17.8 Å². The summed E-state index contributed by atoms with van der Waals surface area (Å²) in [5.41, 5.74) is 0.497. The van der Waals surface area contributed by atoms with Gasteiger partial charge in [0, 0.05) is 25.2 Å². The molecule has 33 heavy (non-hydrogen) atoms. The van der Waals surface area contributed by atoms with Gasteiger partial charge in [-0.3, -0.25) is 19.4 Å². The maximum atomic E-state index is 13.0. The molecule has 2 atom stereocenters. The monoisotopic (exact) mass is 453 g/mol. The minimum Gasteiger partial charge on any atom is -0.462 e. The van der Waals surface area contributed by atoms with E-state index in [4.69, 9.17) is 4.74 Å². The maximum absolute atomic E-state index is 13.0. The zero-order valence-corrected chi connectivity index (χ0v) is 18.6. The van der Waals surface area contributed by atoms with Crippen molar-refractivity contribution in [1.29, 1.82) is 0 Å². The number of anilines is 3. The number of carbonyl (C=O) groups is 3. The van der Waals surface area contributed by atoms with Crippen molar-refractivity contribution >= 4 is 35.2 Å². The highest BCUT2D eigenvalue weighted by Gasteiger charge is 2.35. The van der Waals surface area contributed by atoms with Crippen molar-refractivity contribution in [1.82, 2.24) is 9.97 Å². The van der Waals surface area contributed by atoms with Gasteiger partial charge in [0.15, 0.2) is 0 Å². The van der Waals surface area contributed by atoms with Crippen molar-refractivity contribution in [3.63, 3.8) is 0 Å². The van der Waals surface area contributed by atoms with Crippen molar-refractivity contribution in [2.45, 2.75) is 39.0 Å². The van der Waals surface area contributed by atoms with Gasteiger partial charge in [-0.1, -0.05) is 6.92 Å². The number of ether oxygens (including phenoxy) is 1. The second kappa shape index (κ2) is 9.43. The number of benzene rings is 1. The third-order valence-electron chi connectivity index (χ3n) is 5.88. The summed E-state index contributed by atoms with van der Waals surface area (Å²) in [4.78, 5) is 59.3. The van der Waals surface area contributed by atoms with Crippen LogP contribution in [0.2, 0.25) is 0 Å². The number of rotatable bonds is 5. The Labute approximate surface area is 190 Å². The Morgan fingerprint density at radius 3 is 2.70 bits per heavy atom. The highest BCUT2D eigenvalue weighted by atomic mass is 16.5. The molecule has 1 saturated heterocycles. The summed E-state index contributed by atoms with van der Waals surface area (Å²) in [5.74, 6) is -1.31. The third-order valence-corrected chi connectivity index (χ3v) is 5.88. The van der Waals surface area contributed by atoms with E-state index in [0.717, 1.165) is 25.9 Å². The molecule has 2 aromatic rings. The molecular formula is C23H27N5O5. The van der Waals surface area contributed by atoms with E-state index in [1.165, 1.54) is 12.1 Å². The molecule has 10 nitrogen and oxygen atoms in total. The molecule has 1 aromatic heterocycles. The zero-order chi connectivity index (χ0) is 23.5. The molecule has 0 saturated carbocycles. The molecule has 10 heteroatoms. The molecule has 0 radical (unpaired) electrons. The predicted octanol–water partition coefficient (Wildman–Crippen LogP) is 2.25. The van der Waals surface area contributed by atoms with Crippen molar-refractivity contribution in [3.05, 3.63) is 45.7 Å². The number of fused-ring (bicyclic) bond motifs is 1. The summed E-state index contributed by atoms with van der Waals surface area (Å²) >= 11 is 0. The van der Waals surface area contributed by atoms with Crippen LogP contribution in [0.5, 0.6) is 0 Å². The number of hydrogen-bond acceptors (Lipinski definition) is 7. The molecule has 0 spiro atoms. The van der Waals surface area contributed by atoms with Gasteiger partial charge in [-0.2, -0.15) is 4.98 Å². The largest absolute Gasteiger partial charge is 0.462 e. The second-order valence-electron chi connectivity index (χ2n) is 8.44. The molecular weight excluding hydrogens is 426 g/mol. The molecule has 2 aliphatic rings. The number of H-pyrrole nitrogens is 1. The quantitative estimate of drug-likeness (QED) is 0.591. The number of nitrogens with one attached hydrogen (secondary N) is 3. The van der Waals surface area contributed by atoms with Crippen molar-refractivity contribution in [2.75, 3.05) is 35.2 Å². The van der Waals surface area contributed by atoms with E-state index in [1.54, 1.807) is 19.1 Å². The SMILES string of the molecule is CCOC(=O)c1ccc(NC(=O)[C@H]2CC(=O)Nc3nc(N4CCC[C@H](C)C4)[nH]c(=O)c32)cc1. The summed E-state index contributed by atoms with van der Waals surface area (Å²) in [5, 5.41) is 5.36. The third kappa shape index (κ3) is 4.89. The van der Waals surface area contributed by atoms with Gasteiger partial charge in [-0.25, -0.2) is 4.79 Å². The van der Waals surface area contributed by atoms with Crippen LogP contribution in [-0.4, -0.2) is 47.4 Å². The van der Waals surface area contributed by atoms with Crippen molar-refractivity contribution < 1.29 is 19.1 Å². The van der Waals surface area contributed by atoms with Crippen LogP contribution >= 0.6 is 0 Å². The Hall–Kier alpha value is -3.69. The number of carbonyl (C=O) groups excluding carboxylic acids is 3. The number of aromatic amines is 1. The maximum Gasteiger partial charge on any atom is 0.338 e. The number of esters is 1. The first-order valence-corrected chi connectivity index (χ1v) is 11.1. The normalized spacial score (nSPS) is 19.9. The zero-order valence-electron chi connectivity index (χ0n) is 18.6. The molecule has 1 aromatic carbocycles. The van der Waals surface area contributed by atoms with Crippen LogP contribution in [0.3, 0.4) is 0 Å². The first-order valence-electron chi connectivity index (χ1n) is 11.1. The van der Waals surface area contributed by atoms with E-state index in [-0.39, 0.29) is 30.3 Å². The standard InChI is InChI=1S/C23H27N5O5/c1-3-33-22(32)14-6-8-15(9-7-14)24-20(30)16-11-17(29)25-19-18(16)21(31)27-23(26-19)28-10-4-5-13(2)12-28/h6-9,13,16H,3-5,10-12H2,1-2H3,(H,24,30)(H2,25,26,27,29,31)/t13-,16-/m0/s1. The van der Waals surface area contributed by atoms with Crippen LogP contribution in [0.4, 0.5) is 17.5 Å². The number of amides is 2. The van der Waals surface area contributed by atoms with E-state index in [0.29, 0.717) is 23.1 Å². The summed E-state index contributed by atoms with van der Waals surface area (Å²) in [6.45, 7) is 5.66. The van der Waals surface area contributed by atoms with Gasteiger partial charge in [0.1, 0.15) is 5.82 Å². The fraction of sp³-hybridized carbons (Fsp3) is 0.435. The molecule has 2 amide bonds. The van der Waals surface area contributed by atoms with E-state index >= 15 is 0 Å². The molecule has 1 fully saturated rings. The lowest BCUT2D eigenvalue weighted by Crippen LogP contribution is -2.40. The second-order valence-corrected chi connectivity index (χ2v) is 8.44. The van der Waals surface area contributed by atoms with Crippen LogP contribution in [0.15, 0.2) is 29.1 Å². The number of piperidine rings is 1. The smallest absolute Gasteiger partial charge is 0.338 e. The highest BCUT2D eigenvalue weighted by molar-refractivity contribution is 6.04. The molecule has 0 aliphatic carbocycles. The van der Waals surface area contributed by atoms with Gasteiger partial charge in [0.25, 0.3) is 5.56 Å². The van der Waals surface area contributed by atoms with Crippen molar-refractivity contribution in [3.8, 4) is 0 Å². The molecule has 3 N–H and O–H groups in total. The average Bonchev–Trinajstić information content (AvgIpc) is 2.78. The Kier molecular flexibility index (Phi) is 6.43. The minimum absolute atomic E-state index is 0.126. The summed E-state index contributed by atoms with van der Waals surface area (Å²) < 4.78 is 4.95. The predicted molar refractivity (Wildman–Crippen MR) is 122 cm³/mol. The molecule has 3 heterocycles. The van der Waals surface area contributed by atoms with Crippen LogP contribution in [-0.2, 0) is 14.3 Å². The molecule has 4 rings (SSSR count). The first kappa shape index (κ1) is 22.5. The minimum atomic E-state index is -0.982. The van der Waals surface area contributed by atoms with Crippen LogP contribution < -0.4 is 21.1 Å². The number of nitrogens with zero attached hydrogens (tertiary/aromatic N) is 2. The molecule has 0 bridgehead atoms. The Bertz CT molecular complexity index is 1130. The lowest BCUT2D eigenvalue weighted by Gasteiger charge is -2.32. The summed E-state index contributed by atoms with van der Waals surface area (Å²) in [6.07, 6.45) is 1.95. The van der Waals surface area contributed by atoms with Crippen molar-refractivity contribution in [2.24, 2.45) is 5.92 Å². The van der Waals surface area contributed by atoms with Gasteiger partial charge >= 0.3 is 5.97 Å². The fourth-order valence-corrected chi connectivity index (χ4v) is 4.25. The average molecular weight is 453 g/mol. The Balaban J connectivity index is 1.56. The lowest BCUT2D eigenvalue weighted by atomic mass is 9.92. The van der Waals surface area contributed by atoms with Gasteiger partial charge in [-0.05, 0) is 49.9 Å². The van der Waals surface area contributed by atoms with E-state index in [9.17, 15) is 19.2 Å².